The Morgan fingerprint density at radius 3 is 2.43 bits per heavy atom. The van der Waals surface area contributed by atoms with Crippen LogP contribution in [0.4, 0.5) is 0 Å². The lowest BCUT2D eigenvalue weighted by Gasteiger charge is -2.28. The molecule has 1 aliphatic carbocycles. The number of hydrogen-bond donors (Lipinski definition) is 3. The molecule has 1 aliphatic rings. The van der Waals surface area contributed by atoms with E-state index in [1.54, 1.807) is 12.1 Å². The second-order valence-corrected chi connectivity index (χ2v) is 5.87. The van der Waals surface area contributed by atoms with Crippen LogP contribution in [0.3, 0.4) is 0 Å². The summed E-state index contributed by atoms with van der Waals surface area (Å²) in [5.41, 5.74) is 0.832. The van der Waals surface area contributed by atoms with Crippen molar-refractivity contribution >= 4 is 22.4 Å². The van der Waals surface area contributed by atoms with Crippen molar-refractivity contribution in [2.75, 3.05) is 0 Å². The summed E-state index contributed by atoms with van der Waals surface area (Å²) in [6, 6.07) is 18.6. The molecule has 3 aromatic rings. The molecule has 0 radical (unpaired) electrons. The molecule has 23 heavy (non-hydrogen) atoms. The minimum atomic E-state index is -2.02. The molecule has 3 nitrogen and oxygen atoms in total. The predicted octanol–water partition coefficient (Wildman–Crippen LogP) is 1.61. The number of phenolic OH excluding ortho intramolecular Hbond substituents is 1. The van der Waals surface area contributed by atoms with Crippen LogP contribution in [-0.2, 0) is 0 Å². The molecule has 0 bridgehead atoms. The van der Waals surface area contributed by atoms with E-state index in [1.807, 2.05) is 54.6 Å². The smallest absolute Gasteiger partial charge is 0.194 e. The molecule has 0 aliphatic heterocycles. The summed E-state index contributed by atoms with van der Waals surface area (Å²) in [5, 5.41) is 35.1. The van der Waals surface area contributed by atoms with E-state index in [0.29, 0.717) is 11.1 Å². The van der Waals surface area contributed by atoms with Gasteiger partial charge in [0.15, 0.2) is 5.79 Å². The van der Waals surface area contributed by atoms with Gasteiger partial charge in [-0.1, -0.05) is 60.7 Å². The molecule has 3 aromatic carbocycles. The maximum absolute atomic E-state index is 10.6. The molecular formula is C20H16O3. The fourth-order valence-electron chi connectivity index (χ4n) is 3.33. The third-order valence-electron chi connectivity index (χ3n) is 4.39. The lowest BCUT2D eigenvalue weighted by molar-refractivity contribution is -0.103. The molecule has 0 amide bonds. The van der Waals surface area contributed by atoms with Gasteiger partial charge in [-0.15, -0.1) is 0 Å². The first-order valence-electron chi connectivity index (χ1n) is 7.54. The van der Waals surface area contributed by atoms with Gasteiger partial charge in [0.2, 0.25) is 0 Å². The summed E-state index contributed by atoms with van der Waals surface area (Å²) in [6.45, 7) is 0. The Kier molecular flexibility index (Phi) is 3.01. The van der Waals surface area contributed by atoms with Crippen molar-refractivity contribution in [1.82, 2.24) is 0 Å². The van der Waals surface area contributed by atoms with E-state index in [-0.39, 0.29) is 12.2 Å². The molecule has 0 unspecified atom stereocenters. The quantitative estimate of drug-likeness (QED) is 0.599. The van der Waals surface area contributed by atoms with Crippen molar-refractivity contribution in [3.63, 3.8) is 0 Å². The first-order valence-corrected chi connectivity index (χ1v) is 7.54. The summed E-state index contributed by atoms with van der Waals surface area (Å²) in [5.74, 6) is -1.97. The maximum Gasteiger partial charge on any atom is 0.194 e. The standard InChI is InChI=1S/C20H16O3/c21-17-10-9-13-5-1-3-7-15(13)18(17)19-16-8-4-2-6-14(16)11-12-20(19,22)23/h1-11,21-23H,12H2. The number of benzene rings is 3. The van der Waals surface area contributed by atoms with Gasteiger partial charge in [-0.25, -0.2) is 0 Å². The summed E-state index contributed by atoms with van der Waals surface area (Å²) in [6.07, 6.45) is 1.89. The molecule has 114 valence electrons. The SMILES string of the molecule is Oc1ccc2ccccc2c1C1=c2ccccc2=CCC1(O)O. The van der Waals surface area contributed by atoms with Gasteiger partial charge in [0.1, 0.15) is 5.75 Å². The number of aliphatic hydroxyl groups is 2. The zero-order chi connectivity index (χ0) is 16.0. The Hall–Kier alpha value is -2.62. The second kappa shape index (κ2) is 4.95. The van der Waals surface area contributed by atoms with Crippen molar-refractivity contribution in [1.29, 1.82) is 0 Å². The van der Waals surface area contributed by atoms with Gasteiger partial charge in [-0.2, -0.15) is 0 Å². The fraction of sp³-hybridized carbons (Fsp3) is 0.100. The van der Waals surface area contributed by atoms with Crippen LogP contribution in [0.25, 0.3) is 22.4 Å². The highest BCUT2D eigenvalue weighted by molar-refractivity contribution is 5.97. The van der Waals surface area contributed by atoms with E-state index >= 15 is 0 Å². The van der Waals surface area contributed by atoms with E-state index in [0.717, 1.165) is 21.2 Å². The third-order valence-corrected chi connectivity index (χ3v) is 4.39. The van der Waals surface area contributed by atoms with Crippen LogP contribution in [0.1, 0.15) is 12.0 Å². The minimum absolute atomic E-state index is 0.0443. The number of rotatable bonds is 1. The average molecular weight is 304 g/mol. The third kappa shape index (κ3) is 2.13. The first-order chi connectivity index (χ1) is 11.1. The first kappa shape index (κ1) is 14.0. The molecule has 0 saturated carbocycles. The number of phenols is 1. The van der Waals surface area contributed by atoms with Crippen LogP contribution in [0.2, 0.25) is 0 Å². The molecule has 3 heteroatoms. The van der Waals surface area contributed by atoms with Gasteiger partial charge in [0.05, 0.1) is 0 Å². The second-order valence-electron chi connectivity index (χ2n) is 5.87. The fourth-order valence-corrected chi connectivity index (χ4v) is 3.33. The van der Waals surface area contributed by atoms with Crippen molar-refractivity contribution < 1.29 is 15.3 Å². The molecular weight excluding hydrogens is 288 g/mol. The molecule has 0 saturated heterocycles. The van der Waals surface area contributed by atoms with Gasteiger partial charge in [-0.3, -0.25) is 0 Å². The van der Waals surface area contributed by atoms with Crippen molar-refractivity contribution in [2.24, 2.45) is 0 Å². The van der Waals surface area contributed by atoms with Gasteiger partial charge in [0.25, 0.3) is 0 Å². The number of fused-ring (bicyclic) bond motifs is 2. The lowest BCUT2D eigenvalue weighted by atomic mass is 9.85. The van der Waals surface area contributed by atoms with Crippen LogP contribution in [0.5, 0.6) is 5.75 Å². The maximum atomic E-state index is 10.6. The molecule has 0 heterocycles. The predicted molar refractivity (Wildman–Crippen MR) is 90.1 cm³/mol. The van der Waals surface area contributed by atoms with E-state index < -0.39 is 5.79 Å². The minimum Gasteiger partial charge on any atom is -0.507 e. The number of aromatic hydroxyl groups is 1. The number of hydrogen-bond acceptors (Lipinski definition) is 3. The Balaban J connectivity index is 2.23. The van der Waals surface area contributed by atoms with Gasteiger partial charge < -0.3 is 15.3 Å². The summed E-state index contributed by atoms with van der Waals surface area (Å²) >= 11 is 0. The van der Waals surface area contributed by atoms with Crippen LogP contribution in [-0.4, -0.2) is 21.1 Å². The Morgan fingerprint density at radius 2 is 1.57 bits per heavy atom. The van der Waals surface area contributed by atoms with Crippen molar-refractivity contribution in [2.45, 2.75) is 12.2 Å². The zero-order valence-electron chi connectivity index (χ0n) is 12.4. The highest BCUT2D eigenvalue weighted by atomic mass is 16.5. The van der Waals surface area contributed by atoms with Gasteiger partial charge in [0, 0.05) is 17.6 Å². The molecule has 0 atom stereocenters. The molecule has 0 fully saturated rings. The van der Waals surface area contributed by atoms with Gasteiger partial charge >= 0.3 is 0 Å². The monoisotopic (exact) mass is 304 g/mol. The van der Waals surface area contributed by atoms with E-state index in [4.69, 9.17) is 0 Å². The van der Waals surface area contributed by atoms with Crippen LogP contribution >= 0.6 is 0 Å². The molecule has 0 aromatic heterocycles. The molecule has 4 rings (SSSR count). The molecule has 0 spiro atoms. The largest absolute Gasteiger partial charge is 0.507 e. The van der Waals surface area contributed by atoms with Gasteiger partial charge in [-0.05, 0) is 27.3 Å². The normalized spacial score (nSPS) is 16.0. The average Bonchev–Trinajstić information content (AvgIpc) is 2.56. The van der Waals surface area contributed by atoms with E-state index in [2.05, 4.69) is 0 Å². The highest BCUT2D eigenvalue weighted by Crippen LogP contribution is 2.37. The van der Waals surface area contributed by atoms with Crippen LogP contribution in [0, 0.1) is 0 Å². The Bertz CT molecular complexity index is 1030. The zero-order valence-corrected chi connectivity index (χ0v) is 12.4. The van der Waals surface area contributed by atoms with Crippen molar-refractivity contribution in [3.8, 4) is 5.75 Å². The van der Waals surface area contributed by atoms with E-state index in [9.17, 15) is 15.3 Å². The van der Waals surface area contributed by atoms with Crippen molar-refractivity contribution in [3.05, 3.63) is 76.7 Å². The summed E-state index contributed by atoms with van der Waals surface area (Å²) < 4.78 is 0. The summed E-state index contributed by atoms with van der Waals surface area (Å²) in [4.78, 5) is 0. The Morgan fingerprint density at radius 1 is 0.826 bits per heavy atom. The Labute approximate surface area is 133 Å². The topological polar surface area (TPSA) is 60.7 Å². The van der Waals surface area contributed by atoms with E-state index in [1.165, 1.54) is 0 Å². The lowest BCUT2D eigenvalue weighted by Crippen LogP contribution is -2.43. The summed E-state index contributed by atoms with van der Waals surface area (Å²) in [7, 11) is 0. The molecule has 3 N–H and O–H groups in total. The van der Waals surface area contributed by atoms with Crippen LogP contribution < -0.4 is 10.4 Å². The highest BCUT2D eigenvalue weighted by Gasteiger charge is 2.33. The van der Waals surface area contributed by atoms with Crippen LogP contribution in [0.15, 0.2) is 60.7 Å².